The molecule has 1 heterocycles. The summed E-state index contributed by atoms with van der Waals surface area (Å²) < 4.78 is 10.9. The Morgan fingerprint density at radius 1 is 0.935 bits per heavy atom. The average molecular weight is 417 g/mol. The largest absolute Gasteiger partial charge is 0.493 e. The van der Waals surface area contributed by atoms with Crippen LogP contribution in [0.25, 0.3) is 11.1 Å². The van der Waals surface area contributed by atoms with Crippen LogP contribution in [0.3, 0.4) is 0 Å². The van der Waals surface area contributed by atoms with Gasteiger partial charge in [-0.25, -0.2) is 0 Å². The summed E-state index contributed by atoms with van der Waals surface area (Å²) in [6.07, 6.45) is 0.869. The first-order valence-corrected chi connectivity index (χ1v) is 10.5. The molecule has 0 fully saturated rings. The van der Waals surface area contributed by atoms with Crippen molar-refractivity contribution in [2.75, 3.05) is 26.1 Å². The molecular weight excluding hydrogens is 388 g/mol. The molecule has 1 atom stereocenters. The van der Waals surface area contributed by atoms with Gasteiger partial charge in [-0.3, -0.25) is 9.69 Å². The molecule has 31 heavy (non-hydrogen) atoms. The van der Waals surface area contributed by atoms with Crippen molar-refractivity contribution < 1.29 is 14.3 Å². The van der Waals surface area contributed by atoms with Gasteiger partial charge in [0.05, 0.1) is 20.3 Å². The second-order valence-corrected chi connectivity index (χ2v) is 7.77. The highest BCUT2D eigenvalue weighted by atomic mass is 16.5. The van der Waals surface area contributed by atoms with Crippen LogP contribution < -0.4 is 14.8 Å². The molecule has 0 radical (unpaired) electrons. The number of benzene rings is 3. The van der Waals surface area contributed by atoms with Gasteiger partial charge in [-0.05, 0) is 48.2 Å². The molecule has 1 unspecified atom stereocenters. The molecular formula is C26H28N2O3. The van der Waals surface area contributed by atoms with Gasteiger partial charge in [0.15, 0.2) is 11.5 Å². The van der Waals surface area contributed by atoms with Crippen LogP contribution in [-0.2, 0) is 17.8 Å². The predicted molar refractivity (Wildman–Crippen MR) is 124 cm³/mol. The minimum atomic E-state index is -0.259. The molecule has 0 aromatic heterocycles. The zero-order valence-corrected chi connectivity index (χ0v) is 18.2. The number of rotatable bonds is 6. The lowest BCUT2D eigenvalue weighted by molar-refractivity contribution is -0.121. The summed E-state index contributed by atoms with van der Waals surface area (Å²) in [6.45, 7) is 3.48. The number of fused-ring (bicyclic) bond motifs is 1. The van der Waals surface area contributed by atoms with Crippen LogP contribution in [0.1, 0.15) is 18.1 Å². The topological polar surface area (TPSA) is 50.8 Å². The van der Waals surface area contributed by atoms with E-state index in [0.717, 1.165) is 41.3 Å². The summed E-state index contributed by atoms with van der Waals surface area (Å²) in [5.74, 6) is 1.46. The number of carbonyl (C=O) groups is 1. The summed E-state index contributed by atoms with van der Waals surface area (Å²) in [6, 6.07) is 21.8. The lowest BCUT2D eigenvalue weighted by Crippen LogP contribution is -2.44. The van der Waals surface area contributed by atoms with E-state index in [1.165, 1.54) is 11.1 Å². The summed E-state index contributed by atoms with van der Waals surface area (Å²) in [4.78, 5) is 15.3. The van der Waals surface area contributed by atoms with Gasteiger partial charge in [0, 0.05) is 24.3 Å². The first kappa shape index (κ1) is 20.9. The van der Waals surface area contributed by atoms with Gasteiger partial charge in [0.25, 0.3) is 0 Å². The van der Waals surface area contributed by atoms with Crippen molar-refractivity contribution in [3.05, 3.63) is 77.9 Å². The molecule has 1 aliphatic rings. The van der Waals surface area contributed by atoms with E-state index < -0.39 is 0 Å². The van der Waals surface area contributed by atoms with Crippen molar-refractivity contribution >= 4 is 11.6 Å². The zero-order chi connectivity index (χ0) is 21.8. The molecule has 5 nitrogen and oxygen atoms in total. The fraction of sp³-hybridized carbons (Fsp3) is 0.269. The number of hydrogen-bond acceptors (Lipinski definition) is 4. The standard InChI is InChI=1S/C26H28N2O3/c1-18(28-14-13-20-15-24(30-2)25(31-3)16-21(20)17-28)26(29)27-23-12-8-7-11-22(23)19-9-5-4-6-10-19/h4-12,15-16,18H,13-14,17H2,1-3H3,(H,27,29). The molecule has 0 bridgehead atoms. The van der Waals surface area contributed by atoms with E-state index in [0.29, 0.717) is 6.54 Å². The van der Waals surface area contributed by atoms with Crippen LogP contribution in [0.5, 0.6) is 11.5 Å². The second-order valence-electron chi connectivity index (χ2n) is 7.77. The van der Waals surface area contributed by atoms with Gasteiger partial charge in [-0.15, -0.1) is 0 Å². The number of ether oxygens (including phenoxy) is 2. The summed E-state index contributed by atoms with van der Waals surface area (Å²) in [5, 5.41) is 3.15. The second kappa shape index (κ2) is 9.23. The highest BCUT2D eigenvalue weighted by molar-refractivity contribution is 5.98. The number of nitrogens with one attached hydrogen (secondary N) is 1. The van der Waals surface area contributed by atoms with Gasteiger partial charge in [0.1, 0.15) is 0 Å². The Labute approximate surface area is 183 Å². The molecule has 3 aromatic carbocycles. The minimum Gasteiger partial charge on any atom is -0.493 e. The predicted octanol–water partition coefficient (Wildman–Crippen LogP) is 4.76. The van der Waals surface area contributed by atoms with Crippen molar-refractivity contribution in [3.8, 4) is 22.6 Å². The molecule has 0 saturated heterocycles. The first-order chi connectivity index (χ1) is 15.1. The Morgan fingerprint density at radius 2 is 1.58 bits per heavy atom. The van der Waals surface area contributed by atoms with Gasteiger partial charge in [-0.1, -0.05) is 48.5 Å². The van der Waals surface area contributed by atoms with E-state index in [9.17, 15) is 4.79 Å². The zero-order valence-electron chi connectivity index (χ0n) is 18.2. The third-order valence-electron chi connectivity index (χ3n) is 5.94. The molecule has 5 heteroatoms. The van der Waals surface area contributed by atoms with Gasteiger partial charge < -0.3 is 14.8 Å². The molecule has 160 valence electrons. The molecule has 0 aliphatic carbocycles. The van der Waals surface area contributed by atoms with E-state index in [-0.39, 0.29) is 11.9 Å². The average Bonchev–Trinajstić information content (AvgIpc) is 2.83. The monoisotopic (exact) mass is 416 g/mol. The van der Waals surface area contributed by atoms with Gasteiger partial charge in [-0.2, -0.15) is 0 Å². The Kier molecular flexibility index (Phi) is 6.23. The van der Waals surface area contributed by atoms with E-state index in [1.54, 1.807) is 14.2 Å². The van der Waals surface area contributed by atoms with Gasteiger partial charge in [0.2, 0.25) is 5.91 Å². The third kappa shape index (κ3) is 4.42. The Morgan fingerprint density at radius 3 is 2.29 bits per heavy atom. The van der Waals surface area contributed by atoms with E-state index in [4.69, 9.17) is 9.47 Å². The molecule has 4 rings (SSSR count). The number of hydrogen-bond donors (Lipinski definition) is 1. The van der Waals surface area contributed by atoms with Crippen LogP contribution in [0, 0.1) is 0 Å². The normalized spacial score (nSPS) is 14.4. The number of methoxy groups -OCH3 is 2. The number of amides is 1. The molecule has 0 spiro atoms. The minimum absolute atomic E-state index is 0.00712. The molecule has 1 aliphatic heterocycles. The van der Waals surface area contributed by atoms with Crippen molar-refractivity contribution in [2.45, 2.75) is 25.9 Å². The van der Waals surface area contributed by atoms with Crippen LogP contribution in [0.15, 0.2) is 66.7 Å². The number of nitrogens with zero attached hydrogens (tertiary/aromatic N) is 1. The molecule has 1 N–H and O–H groups in total. The quantitative estimate of drug-likeness (QED) is 0.630. The first-order valence-electron chi connectivity index (χ1n) is 10.5. The Bertz CT molecular complexity index is 1070. The van der Waals surface area contributed by atoms with Crippen LogP contribution in [0.2, 0.25) is 0 Å². The number of anilines is 1. The number of carbonyl (C=O) groups excluding carboxylic acids is 1. The molecule has 0 saturated carbocycles. The van der Waals surface area contributed by atoms with Crippen LogP contribution >= 0.6 is 0 Å². The molecule has 3 aromatic rings. The van der Waals surface area contributed by atoms with Crippen molar-refractivity contribution in [1.29, 1.82) is 0 Å². The van der Waals surface area contributed by atoms with Crippen LogP contribution in [-0.4, -0.2) is 37.6 Å². The molecule has 1 amide bonds. The maximum atomic E-state index is 13.1. The van der Waals surface area contributed by atoms with E-state index in [1.807, 2.05) is 61.5 Å². The van der Waals surface area contributed by atoms with Gasteiger partial charge >= 0.3 is 0 Å². The van der Waals surface area contributed by atoms with Crippen LogP contribution in [0.4, 0.5) is 5.69 Å². The smallest absolute Gasteiger partial charge is 0.241 e. The SMILES string of the molecule is COc1cc2c(cc1OC)CN(C(C)C(=O)Nc1ccccc1-c1ccccc1)CC2. The van der Waals surface area contributed by atoms with E-state index >= 15 is 0 Å². The highest BCUT2D eigenvalue weighted by Gasteiger charge is 2.27. The maximum absolute atomic E-state index is 13.1. The van der Waals surface area contributed by atoms with E-state index in [2.05, 4.69) is 22.3 Å². The summed E-state index contributed by atoms with van der Waals surface area (Å²) in [5.41, 5.74) is 5.35. The Hall–Kier alpha value is -3.31. The number of para-hydroxylation sites is 1. The fourth-order valence-corrected chi connectivity index (χ4v) is 4.10. The maximum Gasteiger partial charge on any atom is 0.241 e. The van der Waals surface area contributed by atoms with Crippen molar-refractivity contribution in [3.63, 3.8) is 0 Å². The van der Waals surface area contributed by atoms with Crippen molar-refractivity contribution in [2.24, 2.45) is 0 Å². The van der Waals surface area contributed by atoms with Crippen molar-refractivity contribution in [1.82, 2.24) is 4.90 Å². The summed E-state index contributed by atoms with van der Waals surface area (Å²) >= 11 is 0. The highest BCUT2D eigenvalue weighted by Crippen LogP contribution is 2.34. The third-order valence-corrected chi connectivity index (χ3v) is 5.94. The Balaban J connectivity index is 1.50. The lowest BCUT2D eigenvalue weighted by Gasteiger charge is -2.33. The summed E-state index contributed by atoms with van der Waals surface area (Å²) in [7, 11) is 3.30. The fourth-order valence-electron chi connectivity index (χ4n) is 4.10. The lowest BCUT2D eigenvalue weighted by atomic mass is 9.97.